The maximum atomic E-state index is 13.4. The quantitative estimate of drug-likeness (QED) is 0.482. The van der Waals surface area contributed by atoms with Crippen LogP contribution < -0.4 is 5.56 Å². The van der Waals surface area contributed by atoms with E-state index in [2.05, 4.69) is 15.2 Å². The maximum absolute atomic E-state index is 13.4. The number of fused-ring (bicyclic) bond motifs is 1. The van der Waals surface area contributed by atoms with E-state index in [1.807, 2.05) is 44.2 Å². The fourth-order valence-corrected chi connectivity index (χ4v) is 3.57. The molecule has 8 heteroatoms. The van der Waals surface area contributed by atoms with E-state index in [9.17, 15) is 9.59 Å². The van der Waals surface area contributed by atoms with Crippen LogP contribution in [0.3, 0.4) is 0 Å². The predicted molar refractivity (Wildman–Crippen MR) is 118 cm³/mol. The molecule has 2 aromatic heterocycles. The van der Waals surface area contributed by atoms with Gasteiger partial charge in [0.2, 0.25) is 0 Å². The van der Waals surface area contributed by atoms with Gasteiger partial charge in [-0.25, -0.2) is 14.3 Å². The molecular weight excluding hydrogens is 392 g/mol. The Bertz CT molecular complexity index is 1260. The van der Waals surface area contributed by atoms with Crippen LogP contribution >= 0.6 is 0 Å². The lowest BCUT2D eigenvalue weighted by Gasteiger charge is -2.26. The van der Waals surface area contributed by atoms with Crippen LogP contribution in [0.25, 0.3) is 16.5 Å². The first-order chi connectivity index (χ1) is 15.0. The molecular formula is C23H24N6O2. The van der Waals surface area contributed by atoms with Crippen LogP contribution in [0.15, 0.2) is 66.0 Å². The van der Waals surface area contributed by atoms with Gasteiger partial charge >= 0.3 is 0 Å². The van der Waals surface area contributed by atoms with Crippen LogP contribution in [0.4, 0.5) is 0 Å². The molecule has 1 amide bonds. The highest BCUT2D eigenvalue weighted by Gasteiger charge is 2.24. The smallest absolute Gasteiger partial charge is 0.275 e. The Morgan fingerprint density at radius 3 is 2.45 bits per heavy atom. The van der Waals surface area contributed by atoms with Crippen molar-refractivity contribution < 1.29 is 4.79 Å². The molecule has 0 aliphatic rings. The number of aromatic nitrogens is 5. The van der Waals surface area contributed by atoms with Crippen LogP contribution in [-0.2, 0) is 6.54 Å². The lowest BCUT2D eigenvalue weighted by atomic mass is 10.1. The number of benzene rings is 2. The van der Waals surface area contributed by atoms with E-state index in [1.165, 1.54) is 11.0 Å². The van der Waals surface area contributed by atoms with E-state index in [0.717, 1.165) is 17.7 Å². The van der Waals surface area contributed by atoms with E-state index in [0.29, 0.717) is 17.3 Å². The minimum absolute atomic E-state index is 0.173. The number of carbonyl (C=O) groups is 1. The van der Waals surface area contributed by atoms with E-state index in [1.54, 1.807) is 41.2 Å². The molecule has 1 atom stereocenters. The maximum Gasteiger partial charge on any atom is 0.275 e. The lowest BCUT2D eigenvalue weighted by molar-refractivity contribution is 0.0736. The van der Waals surface area contributed by atoms with Crippen molar-refractivity contribution in [2.75, 3.05) is 7.05 Å². The van der Waals surface area contributed by atoms with Gasteiger partial charge in [-0.3, -0.25) is 9.59 Å². The Hall–Kier alpha value is -3.81. The highest BCUT2D eigenvalue weighted by molar-refractivity contribution is 6.04. The van der Waals surface area contributed by atoms with Gasteiger partial charge in [0.15, 0.2) is 5.69 Å². The minimum atomic E-state index is -0.228. The summed E-state index contributed by atoms with van der Waals surface area (Å²) in [7, 11) is 1.75. The normalized spacial score (nSPS) is 12.1. The molecule has 0 bridgehead atoms. The van der Waals surface area contributed by atoms with E-state index in [4.69, 9.17) is 0 Å². The van der Waals surface area contributed by atoms with Crippen molar-refractivity contribution >= 4 is 16.7 Å². The van der Waals surface area contributed by atoms with Gasteiger partial charge in [-0.2, -0.15) is 10.2 Å². The third-order valence-electron chi connectivity index (χ3n) is 5.47. The molecule has 0 aliphatic heterocycles. The summed E-state index contributed by atoms with van der Waals surface area (Å²) in [5.74, 6) is -0.228. The van der Waals surface area contributed by atoms with Gasteiger partial charge in [-0.05, 0) is 37.1 Å². The monoisotopic (exact) mass is 416 g/mol. The van der Waals surface area contributed by atoms with Gasteiger partial charge in [0.05, 0.1) is 17.1 Å². The number of nitrogens with zero attached hydrogens (tertiary/aromatic N) is 6. The Labute approximate surface area is 179 Å². The average molecular weight is 416 g/mol. The van der Waals surface area contributed by atoms with Gasteiger partial charge in [0, 0.05) is 19.0 Å². The number of aryl methyl sites for hydroxylation is 1. The Balaban J connectivity index is 1.67. The van der Waals surface area contributed by atoms with Crippen molar-refractivity contribution in [1.29, 1.82) is 0 Å². The van der Waals surface area contributed by atoms with Crippen LogP contribution in [0.2, 0.25) is 0 Å². The standard InChI is InChI=1S/C23H24N6O2/c1-4-13-28-22(30)20-8-6-5-7-19(20)21(26-28)23(31)27(3)16(2)17-9-11-18(12-10-17)29-15-24-14-25-29/h5-12,14-16H,4,13H2,1-3H3. The second kappa shape index (κ2) is 8.51. The molecule has 2 heterocycles. The fourth-order valence-electron chi connectivity index (χ4n) is 3.57. The van der Waals surface area contributed by atoms with Gasteiger partial charge in [-0.15, -0.1) is 0 Å². The minimum Gasteiger partial charge on any atom is -0.334 e. The predicted octanol–water partition coefficient (Wildman–Crippen LogP) is 3.22. The van der Waals surface area contributed by atoms with Crippen LogP contribution in [0, 0.1) is 0 Å². The van der Waals surface area contributed by atoms with E-state index < -0.39 is 0 Å². The number of amides is 1. The van der Waals surface area contributed by atoms with Crippen LogP contribution in [0.1, 0.15) is 42.4 Å². The average Bonchev–Trinajstić information content (AvgIpc) is 3.35. The highest BCUT2D eigenvalue weighted by atomic mass is 16.2. The summed E-state index contributed by atoms with van der Waals surface area (Å²) < 4.78 is 3.07. The summed E-state index contributed by atoms with van der Waals surface area (Å²) in [6.45, 7) is 4.40. The summed E-state index contributed by atoms with van der Waals surface area (Å²) in [4.78, 5) is 31.7. The van der Waals surface area contributed by atoms with Gasteiger partial charge in [0.1, 0.15) is 12.7 Å². The van der Waals surface area contributed by atoms with E-state index >= 15 is 0 Å². The zero-order valence-electron chi connectivity index (χ0n) is 17.8. The molecule has 0 saturated heterocycles. The first kappa shape index (κ1) is 20.5. The Kier molecular flexibility index (Phi) is 5.62. The van der Waals surface area contributed by atoms with Crippen molar-refractivity contribution in [3.8, 4) is 5.69 Å². The highest BCUT2D eigenvalue weighted by Crippen LogP contribution is 2.23. The molecule has 0 spiro atoms. The summed E-state index contributed by atoms with van der Waals surface area (Å²) in [5.41, 5.74) is 1.98. The van der Waals surface area contributed by atoms with Crippen molar-refractivity contribution in [2.24, 2.45) is 0 Å². The zero-order valence-corrected chi connectivity index (χ0v) is 17.8. The molecule has 1 unspecified atom stereocenters. The SMILES string of the molecule is CCCn1nc(C(=O)N(C)C(C)c2ccc(-n3cncn3)cc2)c2ccccc2c1=O. The van der Waals surface area contributed by atoms with Gasteiger partial charge in [-0.1, -0.05) is 37.3 Å². The van der Waals surface area contributed by atoms with Crippen molar-refractivity contribution in [2.45, 2.75) is 32.9 Å². The molecule has 0 aliphatic carbocycles. The third-order valence-corrected chi connectivity index (χ3v) is 5.47. The molecule has 8 nitrogen and oxygen atoms in total. The van der Waals surface area contributed by atoms with Gasteiger partial charge < -0.3 is 4.90 Å². The van der Waals surface area contributed by atoms with Crippen molar-refractivity contribution in [3.05, 3.63) is 82.8 Å². The van der Waals surface area contributed by atoms with Crippen LogP contribution in [-0.4, -0.2) is 42.4 Å². The Morgan fingerprint density at radius 2 is 1.81 bits per heavy atom. The summed E-state index contributed by atoms with van der Waals surface area (Å²) in [5, 5.41) is 9.64. The largest absolute Gasteiger partial charge is 0.334 e. The second-order valence-corrected chi connectivity index (χ2v) is 7.45. The Morgan fingerprint density at radius 1 is 1.10 bits per heavy atom. The topological polar surface area (TPSA) is 85.9 Å². The van der Waals surface area contributed by atoms with E-state index in [-0.39, 0.29) is 23.2 Å². The molecule has 0 saturated carbocycles. The fraction of sp³-hybridized carbons (Fsp3) is 0.261. The summed E-state index contributed by atoms with van der Waals surface area (Å²) >= 11 is 0. The molecule has 4 aromatic rings. The number of rotatable bonds is 6. The number of carbonyl (C=O) groups excluding carboxylic acids is 1. The van der Waals surface area contributed by atoms with Crippen molar-refractivity contribution in [3.63, 3.8) is 0 Å². The molecule has 31 heavy (non-hydrogen) atoms. The number of hydrogen-bond acceptors (Lipinski definition) is 5. The first-order valence-corrected chi connectivity index (χ1v) is 10.2. The molecule has 0 N–H and O–H groups in total. The summed E-state index contributed by atoms with van der Waals surface area (Å²) in [6, 6.07) is 14.8. The van der Waals surface area contributed by atoms with Crippen molar-refractivity contribution in [1.82, 2.24) is 29.4 Å². The second-order valence-electron chi connectivity index (χ2n) is 7.45. The molecule has 158 valence electrons. The molecule has 4 rings (SSSR count). The molecule has 0 fully saturated rings. The molecule has 0 radical (unpaired) electrons. The summed E-state index contributed by atoms with van der Waals surface area (Å²) in [6.07, 6.45) is 3.87. The first-order valence-electron chi connectivity index (χ1n) is 10.2. The van der Waals surface area contributed by atoms with Gasteiger partial charge in [0.25, 0.3) is 11.5 Å². The number of hydrogen-bond donors (Lipinski definition) is 0. The molecule has 2 aromatic carbocycles. The third kappa shape index (κ3) is 3.84. The zero-order chi connectivity index (χ0) is 22.0. The lowest BCUT2D eigenvalue weighted by Crippen LogP contribution is -2.33. The van der Waals surface area contributed by atoms with Crippen LogP contribution in [0.5, 0.6) is 0 Å².